The first kappa shape index (κ1) is 31.3. The lowest BCUT2D eigenvalue weighted by molar-refractivity contribution is 0.0331. The normalized spacial score (nSPS) is 20.2. The van der Waals surface area contributed by atoms with Gasteiger partial charge in [0.05, 0.1) is 6.04 Å². The van der Waals surface area contributed by atoms with Gasteiger partial charge in [0.2, 0.25) is 0 Å². The van der Waals surface area contributed by atoms with Gasteiger partial charge in [-0.05, 0) is 86.9 Å². The van der Waals surface area contributed by atoms with Crippen molar-refractivity contribution in [3.05, 3.63) is 93.0 Å². The van der Waals surface area contributed by atoms with Gasteiger partial charge < -0.3 is 20.2 Å². The smallest absolute Gasteiger partial charge is 0.127 e. The number of hydrogen-bond acceptors (Lipinski definition) is 4. The van der Waals surface area contributed by atoms with Crippen LogP contribution in [0.4, 0.5) is 0 Å². The molecule has 0 aliphatic carbocycles. The lowest BCUT2D eigenvalue weighted by atomic mass is 9.85. The van der Waals surface area contributed by atoms with Gasteiger partial charge in [-0.1, -0.05) is 54.1 Å². The number of nitrogens with zero attached hydrogens (tertiary/aromatic N) is 2. The second kappa shape index (κ2) is 12.9. The minimum absolute atomic E-state index is 0. The van der Waals surface area contributed by atoms with E-state index in [1.807, 2.05) is 26.0 Å². The van der Waals surface area contributed by atoms with Crippen LogP contribution in [0, 0.1) is 20.8 Å². The lowest BCUT2D eigenvalue weighted by Gasteiger charge is -2.42. The average Bonchev–Trinajstić information content (AvgIpc) is 2.92. The molecule has 0 spiro atoms. The van der Waals surface area contributed by atoms with Crippen molar-refractivity contribution in [1.29, 1.82) is 0 Å². The van der Waals surface area contributed by atoms with Crippen LogP contribution in [0.3, 0.4) is 0 Å². The molecule has 1 fully saturated rings. The molecule has 5 rings (SSSR count). The molecule has 3 N–H and O–H groups in total. The standard InChI is InChI=1S/C32H39ClN2O2.ClH.H2O/c1-22-23(2)31-28(24(3)30(22)36)14-15-32(4,37-31)16-17-34-18-20-35(21-19-34)29(25-8-6-5-7-9-25)26-10-12-27(33)13-11-26;;/h5-13,29,36H,14-21H2,1-4H3;1H;1H2. The fourth-order valence-electron chi connectivity index (χ4n) is 6.01. The maximum absolute atomic E-state index is 10.5. The first-order chi connectivity index (χ1) is 17.8. The van der Waals surface area contributed by atoms with Crippen molar-refractivity contribution in [3.8, 4) is 11.5 Å². The third-order valence-electron chi connectivity index (χ3n) is 8.62. The van der Waals surface area contributed by atoms with Crippen LogP contribution in [0.2, 0.25) is 5.02 Å². The largest absolute Gasteiger partial charge is 0.507 e. The molecule has 3 aromatic carbocycles. The van der Waals surface area contributed by atoms with E-state index in [1.165, 1.54) is 16.7 Å². The monoisotopic (exact) mass is 572 g/mol. The highest BCUT2D eigenvalue weighted by atomic mass is 35.5. The Morgan fingerprint density at radius 3 is 2.15 bits per heavy atom. The molecule has 2 aliphatic rings. The van der Waals surface area contributed by atoms with Crippen LogP contribution in [0.15, 0.2) is 54.6 Å². The van der Waals surface area contributed by atoms with Crippen LogP contribution in [0.5, 0.6) is 11.5 Å². The van der Waals surface area contributed by atoms with E-state index >= 15 is 0 Å². The van der Waals surface area contributed by atoms with Gasteiger partial charge in [0.1, 0.15) is 17.1 Å². The van der Waals surface area contributed by atoms with Crippen molar-refractivity contribution >= 4 is 24.0 Å². The molecule has 2 heterocycles. The summed E-state index contributed by atoms with van der Waals surface area (Å²) in [5, 5.41) is 11.3. The number of hydrogen-bond donors (Lipinski definition) is 1. The van der Waals surface area contributed by atoms with Gasteiger partial charge in [-0.25, -0.2) is 0 Å². The minimum atomic E-state index is -0.180. The number of phenols is 1. The first-order valence-corrected chi connectivity index (χ1v) is 13.9. The average molecular weight is 574 g/mol. The van der Waals surface area contributed by atoms with Crippen LogP contribution in [0.25, 0.3) is 0 Å². The number of aromatic hydroxyl groups is 1. The van der Waals surface area contributed by atoms with Crippen LogP contribution < -0.4 is 4.74 Å². The second-order valence-corrected chi connectivity index (χ2v) is 11.5. The Labute approximate surface area is 244 Å². The van der Waals surface area contributed by atoms with E-state index in [0.29, 0.717) is 5.75 Å². The maximum atomic E-state index is 10.5. The predicted octanol–water partition coefficient (Wildman–Crippen LogP) is 6.45. The van der Waals surface area contributed by atoms with E-state index in [4.69, 9.17) is 16.3 Å². The molecule has 2 atom stereocenters. The van der Waals surface area contributed by atoms with Crippen molar-refractivity contribution in [2.24, 2.45) is 0 Å². The molecule has 7 heteroatoms. The highest BCUT2D eigenvalue weighted by Gasteiger charge is 2.35. The highest BCUT2D eigenvalue weighted by molar-refractivity contribution is 6.30. The number of fused-ring (bicyclic) bond motifs is 1. The Bertz CT molecular complexity index is 1240. The van der Waals surface area contributed by atoms with Gasteiger partial charge in [-0.3, -0.25) is 4.90 Å². The summed E-state index contributed by atoms with van der Waals surface area (Å²) in [5.41, 5.74) is 6.60. The van der Waals surface area contributed by atoms with E-state index in [2.05, 4.69) is 66.1 Å². The van der Waals surface area contributed by atoms with E-state index in [9.17, 15) is 5.11 Å². The molecule has 0 aromatic heterocycles. The number of phenolic OH excluding ortho intramolecular Hbond substituents is 1. The van der Waals surface area contributed by atoms with Crippen LogP contribution >= 0.6 is 24.0 Å². The zero-order valence-electron chi connectivity index (χ0n) is 23.5. The second-order valence-electron chi connectivity index (χ2n) is 11.1. The summed E-state index contributed by atoms with van der Waals surface area (Å²) in [6.07, 6.45) is 2.94. The number of rotatable bonds is 6. The Kier molecular flexibility index (Phi) is 10.4. The summed E-state index contributed by atoms with van der Waals surface area (Å²) in [5.74, 6) is 1.42. The maximum Gasteiger partial charge on any atom is 0.127 e. The van der Waals surface area contributed by atoms with Crippen molar-refractivity contribution < 1.29 is 15.3 Å². The summed E-state index contributed by atoms with van der Waals surface area (Å²) in [7, 11) is 0. The molecule has 0 radical (unpaired) electrons. The van der Waals surface area contributed by atoms with Crippen molar-refractivity contribution in [2.45, 2.75) is 58.6 Å². The van der Waals surface area contributed by atoms with Crippen molar-refractivity contribution in [3.63, 3.8) is 0 Å². The van der Waals surface area contributed by atoms with Crippen molar-refractivity contribution in [1.82, 2.24) is 9.80 Å². The summed E-state index contributed by atoms with van der Waals surface area (Å²) in [6.45, 7) is 13.5. The number of piperazine rings is 1. The molecule has 39 heavy (non-hydrogen) atoms. The van der Waals surface area contributed by atoms with E-state index in [-0.39, 0.29) is 29.5 Å². The lowest BCUT2D eigenvalue weighted by Crippen LogP contribution is -2.49. The van der Waals surface area contributed by atoms with Crippen LogP contribution in [-0.2, 0) is 6.42 Å². The highest BCUT2D eigenvalue weighted by Crippen LogP contribution is 2.44. The molecule has 0 bridgehead atoms. The molecular weight excluding hydrogens is 531 g/mol. The Morgan fingerprint density at radius 1 is 0.897 bits per heavy atom. The minimum Gasteiger partial charge on any atom is -0.507 e. The molecule has 2 unspecified atom stereocenters. The quantitative estimate of drug-likeness (QED) is 0.368. The molecule has 0 amide bonds. The van der Waals surface area contributed by atoms with E-state index in [1.54, 1.807) is 0 Å². The van der Waals surface area contributed by atoms with Gasteiger partial charge in [0.15, 0.2) is 0 Å². The topological polar surface area (TPSA) is 67.4 Å². The third kappa shape index (κ3) is 6.55. The molecule has 5 nitrogen and oxygen atoms in total. The predicted molar refractivity (Wildman–Crippen MR) is 163 cm³/mol. The molecule has 1 saturated heterocycles. The fraction of sp³-hybridized carbons (Fsp3) is 0.438. The van der Waals surface area contributed by atoms with Gasteiger partial charge in [0, 0.05) is 43.3 Å². The molecule has 212 valence electrons. The van der Waals surface area contributed by atoms with Gasteiger partial charge in [-0.15, -0.1) is 12.4 Å². The number of ether oxygens (including phenoxy) is 1. The Hall–Kier alpha value is -2.28. The third-order valence-corrected chi connectivity index (χ3v) is 8.87. The fourth-order valence-corrected chi connectivity index (χ4v) is 6.13. The number of benzene rings is 3. The van der Waals surface area contributed by atoms with E-state index in [0.717, 1.165) is 79.4 Å². The first-order valence-electron chi connectivity index (χ1n) is 13.5. The van der Waals surface area contributed by atoms with Crippen molar-refractivity contribution in [2.75, 3.05) is 32.7 Å². The number of halogens is 2. The molecular formula is C32H42Cl2N2O3. The van der Waals surface area contributed by atoms with Gasteiger partial charge in [-0.2, -0.15) is 0 Å². The summed E-state index contributed by atoms with van der Waals surface area (Å²) in [6, 6.07) is 19.4. The zero-order chi connectivity index (χ0) is 26.2. The van der Waals surface area contributed by atoms with E-state index < -0.39 is 0 Å². The summed E-state index contributed by atoms with van der Waals surface area (Å²) in [4.78, 5) is 5.19. The summed E-state index contributed by atoms with van der Waals surface area (Å²) >= 11 is 6.19. The van der Waals surface area contributed by atoms with Gasteiger partial charge >= 0.3 is 0 Å². The molecule has 0 saturated carbocycles. The SMILES string of the molecule is Cc1c(C)c2c(c(C)c1O)CCC(C)(CCN1CCN(C(c3ccccc3)c3ccc(Cl)cc3)CC1)O2.Cl.O. The van der Waals surface area contributed by atoms with Gasteiger partial charge in [0.25, 0.3) is 0 Å². The molecule has 3 aromatic rings. The van der Waals surface area contributed by atoms with Crippen LogP contribution in [0.1, 0.15) is 59.2 Å². The summed E-state index contributed by atoms with van der Waals surface area (Å²) < 4.78 is 6.68. The Balaban J connectivity index is 0.00000210. The molecule has 2 aliphatic heterocycles. The zero-order valence-corrected chi connectivity index (χ0v) is 25.0. The van der Waals surface area contributed by atoms with Crippen LogP contribution in [-0.4, -0.2) is 58.7 Å². The Morgan fingerprint density at radius 2 is 1.51 bits per heavy atom.